The van der Waals surface area contributed by atoms with Crippen LogP contribution in [0.15, 0.2) is 65.7 Å². The first kappa shape index (κ1) is 21.5. The molecule has 4 rings (SSSR count). The predicted octanol–water partition coefficient (Wildman–Crippen LogP) is 3.42. The summed E-state index contributed by atoms with van der Waals surface area (Å²) in [7, 11) is 0. The standard InChI is InChI=1S/C25H26N4O3/c1-16-8-9-19(24(31)27-20-10-11-20)14-21(16)29-13-12-26-23(25(29)32)28-22(17(2)15-30)18-6-4-3-5-7-18/h3-9,12-15,17,20,22H,10-11H2,1-2H3,(H,26,28)(H,27,31). The average molecular weight is 431 g/mol. The van der Waals surface area contributed by atoms with Crippen LogP contribution in [0.5, 0.6) is 0 Å². The molecule has 7 nitrogen and oxygen atoms in total. The van der Waals surface area contributed by atoms with Crippen molar-refractivity contribution in [3.05, 3.63) is 88.0 Å². The van der Waals surface area contributed by atoms with Crippen LogP contribution in [0, 0.1) is 12.8 Å². The zero-order valence-electron chi connectivity index (χ0n) is 18.1. The number of hydrogen-bond donors (Lipinski definition) is 2. The first-order valence-electron chi connectivity index (χ1n) is 10.7. The molecule has 0 saturated heterocycles. The summed E-state index contributed by atoms with van der Waals surface area (Å²) in [5.74, 6) is -0.371. The van der Waals surface area contributed by atoms with Crippen molar-refractivity contribution in [2.75, 3.05) is 5.32 Å². The number of aromatic nitrogens is 2. The monoisotopic (exact) mass is 430 g/mol. The molecule has 3 aromatic rings. The SMILES string of the molecule is Cc1ccc(C(=O)NC2CC2)cc1-n1ccnc(NC(c2ccccc2)C(C)C=O)c1=O. The second kappa shape index (κ2) is 9.18. The lowest BCUT2D eigenvalue weighted by atomic mass is 9.95. The van der Waals surface area contributed by atoms with Crippen molar-refractivity contribution in [2.24, 2.45) is 5.92 Å². The lowest BCUT2D eigenvalue weighted by Crippen LogP contribution is -2.29. The molecule has 2 atom stereocenters. The van der Waals surface area contributed by atoms with Crippen LogP contribution in [0.1, 0.15) is 47.3 Å². The van der Waals surface area contributed by atoms with E-state index in [4.69, 9.17) is 0 Å². The van der Waals surface area contributed by atoms with Crippen molar-refractivity contribution in [1.29, 1.82) is 0 Å². The second-order valence-electron chi connectivity index (χ2n) is 8.23. The molecule has 1 aliphatic rings. The molecule has 2 N–H and O–H groups in total. The van der Waals surface area contributed by atoms with E-state index >= 15 is 0 Å². The Morgan fingerprint density at radius 2 is 1.94 bits per heavy atom. The zero-order chi connectivity index (χ0) is 22.7. The zero-order valence-corrected chi connectivity index (χ0v) is 18.1. The van der Waals surface area contributed by atoms with Crippen molar-refractivity contribution >= 4 is 18.0 Å². The van der Waals surface area contributed by atoms with Gasteiger partial charge in [-0.3, -0.25) is 14.2 Å². The molecule has 1 aliphatic carbocycles. The molecule has 2 aromatic carbocycles. The van der Waals surface area contributed by atoms with Crippen LogP contribution in [0.25, 0.3) is 5.69 Å². The number of carbonyl (C=O) groups excluding carboxylic acids is 2. The predicted molar refractivity (Wildman–Crippen MR) is 123 cm³/mol. The van der Waals surface area contributed by atoms with Crippen LogP contribution in [-0.2, 0) is 4.79 Å². The third-order valence-corrected chi connectivity index (χ3v) is 5.68. The van der Waals surface area contributed by atoms with E-state index in [9.17, 15) is 14.4 Å². The highest BCUT2D eigenvalue weighted by Gasteiger charge is 2.24. The van der Waals surface area contributed by atoms with E-state index in [1.54, 1.807) is 25.3 Å². The summed E-state index contributed by atoms with van der Waals surface area (Å²) in [6, 6.07) is 14.7. The third kappa shape index (κ3) is 4.61. The maximum absolute atomic E-state index is 13.3. The summed E-state index contributed by atoms with van der Waals surface area (Å²) < 4.78 is 1.48. The Hall–Kier alpha value is -3.74. The number of nitrogens with zero attached hydrogens (tertiary/aromatic N) is 2. The summed E-state index contributed by atoms with van der Waals surface area (Å²) >= 11 is 0. The molecule has 7 heteroatoms. The second-order valence-corrected chi connectivity index (χ2v) is 8.23. The van der Waals surface area contributed by atoms with Crippen molar-refractivity contribution in [3.8, 4) is 5.69 Å². The smallest absolute Gasteiger partial charge is 0.297 e. The fourth-order valence-electron chi connectivity index (χ4n) is 3.61. The number of nitrogens with one attached hydrogen (secondary N) is 2. The molecular formula is C25H26N4O3. The van der Waals surface area contributed by atoms with Gasteiger partial charge in [0, 0.05) is 29.9 Å². The minimum atomic E-state index is -0.401. The highest BCUT2D eigenvalue weighted by Crippen LogP contribution is 2.24. The summed E-state index contributed by atoms with van der Waals surface area (Å²) in [5.41, 5.74) is 2.51. The van der Waals surface area contributed by atoms with Crippen LogP contribution in [0.2, 0.25) is 0 Å². The minimum Gasteiger partial charge on any atom is -0.358 e. The van der Waals surface area contributed by atoms with Crippen molar-refractivity contribution in [3.63, 3.8) is 0 Å². The number of amides is 1. The van der Waals surface area contributed by atoms with E-state index < -0.39 is 6.04 Å². The van der Waals surface area contributed by atoms with Gasteiger partial charge in [0.25, 0.3) is 11.5 Å². The Balaban J connectivity index is 1.69. The molecule has 0 radical (unpaired) electrons. The lowest BCUT2D eigenvalue weighted by molar-refractivity contribution is -0.111. The normalized spacial score (nSPS) is 14.9. The summed E-state index contributed by atoms with van der Waals surface area (Å²) in [6.45, 7) is 3.68. The molecule has 0 spiro atoms. The Morgan fingerprint density at radius 3 is 2.62 bits per heavy atom. The molecule has 32 heavy (non-hydrogen) atoms. The van der Waals surface area contributed by atoms with Gasteiger partial charge in [0.1, 0.15) is 6.29 Å². The molecule has 1 amide bonds. The van der Waals surface area contributed by atoms with Gasteiger partial charge >= 0.3 is 0 Å². The molecular weight excluding hydrogens is 404 g/mol. The van der Waals surface area contributed by atoms with Gasteiger partial charge in [-0.05, 0) is 43.0 Å². The minimum absolute atomic E-state index is 0.141. The number of anilines is 1. The van der Waals surface area contributed by atoms with E-state index in [-0.39, 0.29) is 29.2 Å². The van der Waals surface area contributed by atoms with Gasteiger partial charge < -0.3 is 15.4 Å². The molecule has 1 saturated carbocycles. The number of hydrogen-bond acceptors (Lipinski definition) is 5. The van der Waals surface area contributed by atoms with Crippen molar-refractivity contribution in [2.45, 2.75) is 38.8 Å². The number of benzene rings is 2. The molecule has 0 aliphatic heterocycles. The van der Waals surface area contributed by atoms with Gasteiger partial charge in [-0.2, -0.15) is 0 Å². The van der Waals surface area contributed by atoms with Crippen molar-refractivity contribution < 1.29 is 9.59 Å². The summed E-state index contributed by atoms with van der Waals surface area (Å²) in [4.78, 5) is 41.6. The highest BCUT2D eigenvalue weighted by atomic mass is 16.2. The Bertz CT molecular complexity index is 1190. The first-order valence-corrected chi connectivity index (χ1v) is 10.7. The summed E-state index contributed by atoms with van der Waals surface area (Å²) in [5, 5.41) is 6.13. The van der Waals surface area contributed by atoms with Gasteiger partial charge in [-0.15, -0.1) is 0 Å². The number of aryl methyl sites for hydroxylation is 1. The third-order valence-electron chi connectivity index (χ3n) is 5.68. The van der Waals surface area contributed by atoms with E-state index in [1.165, 1.54) is 10.8 Å². The molecule has 2 unspecified atom stereocenters. The maximum atomic E-state index is 13.3. The fraction of sp³-hybridized carbons (Fsp3) is 0.280. The van der Waals surface area contributed by atoms with Crippen LogP contribution in [-0.4, -0.2) is 27.8 Å². The van der Waals surface area contributed by atoms with Crippen LogP contribution >= 0.6 is 0 Å². The van der Waals surface area contributed by atoms with E-state index in [1.807, 2.05) is 43.3 Å². The molecule has 1 heterocycles. The summed E-state index contributed by atoms with van der Waals surface area (Å²) in [6.07, 6.45) is 5.99. The maximum Gasteiger partial charge on any atom is 0.297 e. The van der Waals surface area contributed by atoms with Gasteiger partial charge in [0.15, 0.2) is 5.82 Å². The fourth-order valence-corrected chi connectivity index (χ4v) is 3.61. The van der Waals surface area contributed by atoms with E-state index in [2.05, 4.69) is 15.6 Å². The van der Waals surface area contributed by atoms with E-state index in [0.717, 1.165) is 30.3 Å². The Labute approximate surface area is 186 Å². The number of aldehydes is 1. The van der Waals surface area contributed by atoms with Crippen LogP contribution in [0.3, 0.4) is 0 Å². The number of carbonyl (C=O) groups is 2. The Kier molecular flexibility index (Phi) is 6.16. The van der Waals surface area contributed by atoms with Gasteiger partial charge in [0.2, 0.25) is 0 Å². The van der Waals surface area contributed by atoms with Crippen LogP contribution < -0.4 is 16.2 Å². The van der Waals surface area contributed by atoms with Gasteiger partial charge in [0.05, 0.1) is 11.7 Å². The van der Waals surface area contributed by atoms with Crippen molar-refractivity contribution in [1.82, 2.24) is 14.9 Å². The molecule has 1 fully saturated rings. The molecule has 164 valence electrons. The molecule has 1 aromatic heterocycles. The van der Waals surface area contributed by atoms with Gasteiger partial charge in [-0.1, -0.05) is 43.3 Å². The quantitative estimate of drug-likeness (QED) is 0.534. The average Bonchev–Trinajstić information content (AvgIpc) is 3.63. The Morgan fingerprint density at radius 1 is 1.19 bits per heavy atom. The van der Waals surface area contributed by atoms with E-state index in [0.29, 0.717) is 11.3 Å². The van der Waals surface area contributed by atoms with Crippen LogP contribution in [0.4, 0.5) is 5.82 Å². The molecule has 0 bridgehead atoms. The van der Waals surface area contributed by atoms with Gasteiger partial charge in [-0.25, -0.2) is 4.98 Å². The highest BCUT2D eigenvalue weighted by molar-refractivity contribution is 5.95. The lowest BCUT2D eigenvalue weighted by Gasteiger charge is -2.22. The first-order chi connectivity index (χ1) is 15.5. The largest absolute Gasteiger partial charge is 0.358 e. The topological polar surface area (TPSA) is 93.1 Å². The number of rotatable bonds is 8.